The maximum Gasteiger partial charge on any atom is 0.235 e. The molecule has 146 valence electrons. The third-order valence-corrected chi connectivity index (χ3v) is 5.65. The molecule has 0 saturated carbocycles. The molecule has 1 amide bonds. The van der Waals surface area contributed by atoms with Crippen molar-refractivity contribution in [1.82, 2.24) is 9.62 Å². The SMILES string of the molecule is COc1ccccc1CCNC(=O)CN(C(C)c1ccccc1)S(C)(=O)=O. The number of carbonyl (C=O) groups is 1. The van der Waals surface area contributed by atoms with E-state index in [1.807, 2.05) is 54.6 Å². The number of nitrogens with one attached hydrogen (secondary N) is 1. The summed E-state index contributed by atoms with van der Waals surface area (Å²) >= 11 is 0. The molecule has 1 unspecified atom stereocenters. The highest BCUT2D eigenvalue weighted by atomic mass is 32.2. The van der Waals surface area contributed by atoms with E-state index in [4.69, 9.17) is 4.74 Å². The zero-order valence-electron chi connectivity index (χ0n) is 15.9. The van der Waals surface area contributed by atoms with E-state index in [0.29, 0.717) is 13.0 Å². The van der Waals surface area contributed by atoms with Crippen molar-refractivity contribution in [2.24, 2.45) is 0 Å². The average molecular weight is 391 g/mol. The Bertz CT molecular complexity index is 853. The Morgan fingerprint density at radius 2 is 1.74 bits per heavy atom. The van der Waals surface area contributed by atoms with E-state index in [-0.39, 0.29) is 12.5 Å². The van der Waals surface area contributed by atoms with Crippen LogP contribution in [0.4, 0.5) is 0 Å². The Kier molecular flexibility index (Phi) is 7.38. The average Bonchev–Trinajstić information content (AvgIpc) is 2.66. The molecule has 0 spiro atoms. The van der Waals surface area contributed by atoms with Crippen molar-refractivity contribution in [2.45, 2.75) is 19.4 Å². The first-order valence-corrected chi connectivity index (χ1v) is 10.6. The molecule has 0 radical (unpaired) electrons. The Morgan fingerprint density at radius 1 is 1.11 bits per heavy atom. The maximum absolute atomic E-state index is 12.3. The lowest BCUT2D eigenvalue weighted by Crippen LogP contribution is -2.42. The van der Waals surface area contributed by atoms with Gasteiger partial charge >= 0.3 is 0 Å². The largest absolute Gasteiger partial charge is 0.496 e. The van der Waals surface area contributed by atoms with Crippen LogP contribution >= 0.6 is 0 Å². The molecule has 0 aliphatic rings. The quantitative estimate of drug-likeness (QED) is 0.713. The lowest BCUT2D eigenvalue weighted by molar-refractivity contribution is -0.121. The highest BCUT2D eigenvalue weighted by Gasteiger charge is 2.26. The summed E-state index contributed by atoms with van der Waals surface area (Å²) in [5.74, 6) is 0.431. The molecule has 27 heavy (non-hydrogen) atoms. The number of hydrogen-bond donors (Lipinski definition) is 1. The van der Waals surface area contributed by atoms with E-state index in [9.17, 15) is 13.2 Å². The minimum absolute atomic E-state index is 0.221. The van der Waals surface area contributed by atoms with Crippen molar-refractivity contribution in [3.8, 4) is 5.75 Å². The van der Waals surface area contributed by atoms with Crippen LogP contribution in [0.25, 0.3) is 0 Å². The smallest absolute Gasteiger partial charge is 0.235 e. The fraction of sp³-hybridized carbons (Fsp3) is 0.350. The van der Waals surface area contributed by atoms with Crippen molar-refractivity contribution >= 4 is 15.9 Å². The number of rotatable bonds is 9. The molecule has 0 aliphatic carbocycles. The predicted octanol–water partition coefficient (Wildman–Crippen LogP) is 2.38. The lowest BCUT2D eigenvalue weighted by atomic mass is 10.1. The number of benzene rings is 2. The first-order chi connectivity index (χ1) is 12.8. The summed E-state index contributed by atoms with van der Waals surface area (Å²) in [6.45, 7) is 1.95. The van der Waals surface area contributed by atoms with Crippen LogP contribution in [0.5, 0.6) is 5.75 Å². The van der Waals surface area contributed by atoms with Gasteiger partial charge in [-0.1, -0.05) is 48.5 Å². The molecule has 0 aromatic heterocycles. The van der Waals surface area contributed by atoms with Crippen LogP contribution in [0.15, 0.2) is 54.6 Å². The van der Waals surface area contributed by atoms with E-state index in [2.05, 4.69) is 5.32 Å². The Balaban J connectivity index is 1.98. The summed E-state index contributed by atoms with van der Waals surface area (Å²) in [6.07, 6.45) is 1.72. The molecule has 6 nitrogen and oxygen atoms in total. The van der Waals surface area contributed by atoms with Gasteiger partial charge in [0.15, 0.2) is 0 Å². The second-order valence-electron chi connectivity index (χ2n) is 6.31. The maximum atomic E-state index is 12.3. The van der Waals surface area contributed by atoms with Crippen molar-refractivity contribution in [1.29, 1.82) is 0 Å². The standard InChI is InChI=1S/C20H26N2O4S/c1-16(17-9-5-4-6-10-17)22(27(3,24)25)15-20(23)21-14-13-18-11-7-8-12-19(18)26-2/h4-12,16H,13-15H2,1-3H3,(H,21,23). The summed E-state index contributed by atoms with van der Waals surface area (Å²) in [6, 6.07) is 16.4. The van der Waals surface area contributed by atoms with Crippen LogP contribution in [0.3, 0.4) is 0 Å². The second kappa shape index (κ2) is 9.53. The number of nitrogens with zero attached hydrogens (tertiary/aromatic N) is 1. The zero-order chi connectivity index (χ0) is 19.9. The van der Waals surface area contributed by atoms with Gasteiger partial charge in [-0.15, -0.1) is 0 Å². The molecule has 0 bridgehead atoms. The van der Waals surface area contributed by atoms with Gasteiger partial charge in [-0.2, -0.15) is 4.31 Å². The third-order valence-electron chi connectivity index (χ3n) is 4.35. The number of methoxy groups -OCH3 is 1. The lowest BCUT2D eigenvalue weighted by Gasteiger charge is -2.26. The normalized spacial score (nSPS) is 12.6. The molecule has 2 rings (SSSR count). The molecule has 1 atom stereocenters. The number of hydrogen-bond acceptors (Lipinski definition) is 4. The highest BCUT2D eigenvalue weighted by Crippen LogP contribution is 2.22. The molecule has 2 aromatic rings. The van der Waals surface area contributed by atoms with Crippen LogP contribution in [0.2, 0.25) is 0 Å². The van der Waals surface area contributed by atoms with Crippen molar-refractivity contribution in [2.75, 3.05) is 26.5 Å². The third kappa shape index (κ3) is 6.08. The molecule has 0 fully saturated rings. The van der Waals surface area contributed by atoms with Crippen molar-refractivity contribution < 1.29 is 17.9 Å². The Labute approximate surface area is 161 Å². The van der Waals surface area contributed by atoms with Gasteiger partial charge in [0.2, 0.25) is 15.9 Å². The monoisotopic (exact) mass is 390 g/mol. The molecule has 0 aliphatic heterocycles. The van der Waals surface area contributed by atoms with Gasteiger partial charge in [0.1, 0.15) is 5.75 Å². The first-order valence-electron chi connectivity index (χ1n) is 8.73. The van der Waals surface area contributed by atoms with Gasteiger partial charge < -0.3 is 10.1 Å². The van der Waals surface area contributed by atoms with Gasteiger partial charge in [0.25, 0.3) is 0 Å². The summed E-state index contributed by atoms with van der Waals surface area (Å²) in [5.41, 5.74) is 1.82. The van der Waals surface area contributed by atoms with Crippen LogP contribution in [-0.2, 0) is 21.2 Å². The predicted molar refractivity (Wildman–Crippen MR) is 106 cm³/mol. The number of ether oxygens (including phenoxy) is 1. The summed E-state index contributed by atoms with van der Waals surface area (Å²) in [5, 5.41) is 2.79. The van der Waals surface area contributed by atoms with E-state index in [1.165, 1.54) is 4.31 Å². The van der Waals surface area contributed by atoms with Crippen molar-refractivity contribution in [3.63, 3.8) is 0 Å². The minimum atomic E-state index is -3.54. The van der Waals surface area contributed by atoms with Gasteiger partial charge in [-0.05, 0) is 30.5 Å². The van der Waals surface area contributed by atoms with Crippen LogP contribution < -0.4 is 10.1 Å². The highest BCUT2D eigenvalue weighted by molar-refractivity contribution is 7.88. The summed E-state index contributed by atoms with van der Waals surface area (Å²) < 4.78 is 30.9. The topological polar surface area (TPSA) is 75.7 Å². The van der Waals surface area contributed by atoms with Gasteiger partial charge in [-0.25, -0.2) is 8.42 Å². The number of sulfonamides is 1. The Morgan fingerprint density at radius 3 is 2.37 bits per heavy atom. The van der Waals surface area contributed by atoms with E-state index < -0.39 is 16.1 Å². The fourth-order valence-electron chi connectivity index (χ4n) is 2.88. The zero-order valence-corrected chi connectivity index (χ0v) is 16.7. The molecule has 0 saturated heterocycles. The van der Waals surface area contributed by atoms with Crippen LogP contribution in [0, 0.1) is 0 Å². The van der Waals surface area contributed by atoms with E-state index >= 15 is 0 Å². The van der Waals surface area contributed by atoms with Gasteiger partial charge in [-0.3, -0.25) is 4.79 Å². The van der Waals surface area contributed by atoms with Crippen molar-refractivity contribution in [3.05, 3.63) is 65.7 Å². The second-order valence-corrected chi connectivity index (χ2v) is 8.24. The molecule has 1 N–H and O–H groups in total. The molecular weight excluding hydrogens is 364 g/mol. The van der Waals surface area contributed by atoms with Crippen LogP contribution in [-0.4, -0.2) is 45.1 Å². The van der Waals surface area contributed by atoms with E-state index in [0.717, 1.165) is 23.1 Å². The molecule has 0 heterocycles. The summed E-state index contributed by atoms with van der Waals surface area (Å²) in [4.78, 5) is 12.3. The Hall–Kier alpha value is -2.38. The van der Waals surface area contributed by atoms with Gasteiger partial charge in [0.05, 0.1) is 19.9 Å². The fourth-order valence-corrected chi connectivity index (χ4v) is 3.93. The molecule has 2 aromatic carbocycles. The number of carbonyl (C=O) groups excluding carboxylic acids is 1. The number of amides is 1. The summed E-state index contributed by atoms with van der Waals surface area (Å²) in [7, 11) is -1.94. The minimum Gasteiger partial charge on any atom is -0.496 e. The van der Waals surface area contributed by atoms with Crippen LogP contribution in [0.1, 0.15) is 24.1 Å². The van der Waals surface area contributed by atoms with Gasteiger partial charge in [0, 0.05) is 12.6 Å². The molecule has 7 heteroatoms. The number of para-hydroxylation sites is 1. The van der Waals surface area contributed by atoms with E-state index in [1.54, 1.807) is 14.0 Å². The molecular formula is C20H26N2O4S. The first kappa shape index (κ1) is 20.9.